The minimum atomic E-state index is -3.38. The average molecular weight is 370 g/mol. The lowest BCUT2D eigenvalue weighted by atomic mass is 10.2. The maximum Gasteiger partial charge on any atom is 0.270 e. The van der Waals surface area contributed by atoms with Gasteiger partial charge in [-0.1, -0.05) is 11.6 Å². The maximum absolute atomic E-state index is 12.2. The predicted octanol–water partition coefficient (Wildman–Crippen LogP) is 2.87. The maximum atomic E-state index is 12.2. The van der Waals surface area contributed by atoms with E-state index in [2.05, 4.69) is 10.0 Å². The molecule has 0 saturated carbocycles. The molecule has 2 aromatic carbocycles. The fraction of sp³-hybridized carbons (Fsp3) is 0.0714. The van der Waals surface area contributed by atoms with Crippen LogP contribution in [0.25, 0.3) is 0 Å². The molecule has 0 atom stereocenters. The Morgan fingerprint density at radius 1 is 1.12 bits per heavy atom. The Morgan fingerprint density at radius 2 is 1.71 bits per heavy atom. The molecule has 0 aromatic heterocycles. The highest BCUT2D eigenvalue weighted by molar-refractivity contribution is 7.92. The molecule has 1 amide bonds. The first-order valence-corrected chi connectivity index (χ1v) is 8.76. The number of carbonyl (C=O) groups excluding carboxylic acids is 1. The summed E-state index contributed by atoms with van der Waals surface area (Å²) in [5, 5.41) is 13.2. The second-order valence-electron chi connectivity index (χ2n) is 4.83. The Labute approximate surface area is 142 Å². The van der Waals surface area contributed by atoms with Crippen LogP contribution < -0.4 is 10.0 Å². The van der Waals surface area contributed by atoms with E-state index in [1.165, 1.54) is 36.4 Å². The van der Waals surface area contributed by atoms with E-state index in [0.29, 0.717) is 11.4 Å². The van der Waals surface area contributed by atoms with E-state index in [0.717, 1.165) is 12.3 Å². The molecule has 0 bridgehead atoms. The van der Waals surface area contributed by atoms with Crippen molar-refractivity contribution in [1.29, 1.82) is 0 Å². The Hall–Kier alpha value is -2.65. The third-order valence-corrected chi connectivity index (χ3v) is 3.77. The van der Waals surface area contributed by atoms with Crippen molar-refractivity contribution in [2.24, 2.45) is 0 Å². The van der Waals surface area contributed by atoms with Gasteiger partial charge in [0.05, 0.1) is 21.8 Å². The molecule has 2 aromatic rings. The smallest absolute Gasteiger partial charge is 0.270 e. The molecule has 0 aliphatic rings. The van der Waals surface area contributed by atoms with Crippen LogP contribution in [0.3, 0.4) is 0 Å². The van der Waals surface area contributed by atoms with Crippen LogP contribution in [-0.2, 0) is 10.0 Å². The summed E-state index contributed by atoms with van der Waals surface area (Å²) in [5.41, 5.74) is 0.630. The summed E-state index contributed by atoms with van der Waals surface area (Å²) in [4.78, 5) is 22.2. The second-order valence-corrected chi connectivity index (χ2v) is 6.98. The number of amides is 1. The summed E-state index contributed by atoms with van der Waals surface area (Å²) in [6.07, 6.45) is 1.03. The lowest BCUT2D eigenvalue weighted by Crippen LogP contribution is -2.13. The first-order chi connectivity index (χ1) is 11.2. The SMILES string of the molecule is CS(=O)(=O)Nc1ccc(NC(=O)c2ccc([N+](=O)[O-])cc2Cl)cc1. The van der Waals surface area contributed by atoms with Crippen molar-refractivity contribution in [2.45, 2.75) is 0 Å². The number of non-ortho nitro benzene ring substituents is 1. The van der Waals surface area contributed by atoms with Crippen LogP contribution in [-0.4, -0.2) is 25.5 Å². The van der Waals surface area contributed by atoms with Crippen molar-refractivity contribution in [3.05, 3.63) is 63.2 Å². The number of carbonyl (C=O) groups is 1. The molecule has 0 spiro atoms. The zero-order chi connectivity index (χ0) is 17.9. The van der Waals surface area contributed by atoms with Crippen LogP contribution in [0.5, 0.6) is 0 Å². The number of hydrogen-bond acceptors (Lipinski definition) is 5. The minimum Gasteiger partial charge on any atom is -0.322 e. The van der Waals surface area contributed by atoms with Gasteiger partial charge in [0.25, 0.3) is 11.6 Å². The Kier molecular flexibility index (Phi) is 5.05. The third-order valence-electron chi connectivity index (χ3n) is 2.85. The van der Waals surface area contributed by atoms with Gasteiger partial charge in [-0.25, -0.2) is 8.42 Å². The molecule has 0 radical (unpaired) electrons. The molecule has 0 unspecified atom stereocenters. The van der Waals surface area contributed by atoms with Crippen LogP contribution in [0, 0.1) is 10.1 Å². The van der Waals surface area contributed by atoms with Crippen LogP contribution in [0.4, 0.5) is 17.1 Å². The highest BCUT2D eigenvalue weighted by Gasteiger charge is 2.15. The molecule has 0 saturated heterocycles. The summed E-state index contributed by atoms with van der Waals surface area (Å²) in [7, 11) is -3.38. The largest absolute Gasteiger partial charge is 0.322 e. The highest BCUT2D eigenvalue weighted by Crippen LogP contribution is 2.23. The summed E-state index contributed by atoms with van der Waals surface area (Å²) in [6, 6.07) is 9.50. The van der Waals surface area contributed by atoms with Gasteiger partial charge in [-0.2, -0.15) is 0 Å². The lowest BCUT2D eigenvalue weighted by Gasteiger charge is -2.08. The zero-order valence-electron chi connectivity index (χ0n) is 12.3. The average Bonchev–Trinajstić information content (AvgIpc) is 2.47. The predicted molar refractivity (Wildman–Crippen MR) is 91.0 cm³/mol. The van der Waals surface area contributed by atoms with Gasteiger partial charge in [0.1, 0.15) is 0 Å². The van der Waals surface area contributed by atoms with E-state index in [9.17, 15) is 23.3 Å². The molecule has 0 aliphatic heterocycles. The number of anilines is 2. The number of benzene rings is 2. The van der Waals surface area contributed by atoms with Crippen LogP contribution >= 0.6 is 11.6 Å². The van der Waals surface area contributed by atoms with Gasteiger partial charge in [-0.3, -0.25) is 19.6 Å². The summed E-state index contributed by atoms with van der Waals surface area (Å²) in [6.45, 7) is 0. The monoisotopic (exact) mass is 369 g/mol. The summed E-state index contributed by atoms with van der Waals surface area (Å²) >= 11 is 5.89. The van der Waals surface area contributed by atoms with Crippen molar-refractivity contribution in [3.8, 4) is 0 Å². The van der Waals surface area contributed by atoms with E-state index >= 15 is 0 Å². The lowest BCUT2D eigenvalue weighted by molar-refractivity contribution is -0.384. The van der Waals surface area contributed by atoms with Crippen molar-refractivity contribution >= 4 is 44.6 Å². The van der Waals surface area contributed by atoms with Gasteiger partial charge >= 0.3 is 0 Å². The van der Waals surface area contributed by atoms with Gasteiger partial charge in [0.2, 0.25) is 10.0 Å². The molecule has 0 aliphatic carbocycles. The number of sulfonamides is 1. The quantitative estimate of drug-likeness (QED) is 0.620. The molecular formula is C14H12ClN3O5S. The normalized spacial score (nSPS) is 10.9. The first-order valence-electron chi connectivity index (χ1n) is 6.49. The van der Waals surface area contributed by atoms with Gasteiger partial charge in [0, 0.05) is 23.5 Å². The van der Waals surface area contributed by atoms with Crippen molar-refractivity contribution in [2.75, 3.05) is 16.3 Å². The number of nitro groups is 1. The molecule has 126 valence electrons. The third kappa shape index (κ3) is 4.67. The van der Waals surface area contributed by atoms with E-state index in [-0.39, 0.29) is 16.3 Å². The van der Waals surface area contributed by atoms with Crippen LogP contribution in [0.1, 0.15) is 10.4 Å². The van der Waals surface area contributed by atoms with Gasteiger partial charge in [-0.05, 0) is 30.3 Å². The van der Waals surface area contributed by atoms with Gasteiger partial charge < -0.3 is 5.32 Å². The number of nitrogens with zero attached hydrogens (tertiary/aromatic N) is 1. The topological polar surface area (TPSA) is 118 Å². The Morgan fingerprint density at radius 3 is 2.21 bits per heavy atom. The first kappa shape index (κ1) is 17.7. The van der Waals surface area contributed by atoms with Crippen molar-refractivity contribution in [3.63, 3.8) is 0 Å². The highest BCUT2D eigenvalue weighted by atomic mass is 35.5. The molecule has 24 heavy (non-hydrogen) atoms. The summed E-state index contributed by atoms with van der Waals surface area (Å²) < 4.78 is 24.5. The Balaban J connectivity index is 2.13. The number of halogens is 1. The molecular weight excluding hydrogens is 358 g/mol. The molecule has 2 rings (SSSR count). The number of nitro benzene ring substituents is 1. The zero-order valence-corrected chi connectivity index (χ0v) is 13.9. The fourth-order valence-electron chi connectivity index (χ4n) is 1.84. The van der Waals surface area contributed by atoms with Crippen LogP contribution in [0.2, 0.25) is 5.02 Å². The summed E-state index contributed by atoms with van der Waals surface area (Å²) in [5.74, 6) is -0.543. The standard InChI is InChI=1S/C14H12ClN3O5S/c1-24(22,23)17-10-4-2-9(3-5-10)16-14(19)12-7-6-11(18(20)21)8-13(12)15/h2-8,17H,1H3,(H,16,19). The van der Waals surface area contributed by atoms with Crippen molar-refractivity contribution in [1.82, 2.24) is 0 Å². The van der Waals surface area contributed by atoms with Crippen molar-refractivity contribution < 1.29 is 18.1 Å². The molecule has 8 nitrogen and oxygen atoms in total. The number of nitrogens with one attached hydrogen (secondary N) is 2. The van der Waals surface area contributed by atoms with E-state index in [1.54, 1.807) is 0 Å². The number of hydrogen-bond donors (Lipinski definition) is 2. The Bertz CT molecular complexity index is 897. The van der Waals surface area contributed by atoms with Gasteiger partial charge in [0.15, 0.2) is 0 Å². The van der Waals surface area contributed by atoms with E-state index < -0.39 is 20.9 Å². The van der Waals surface area contributed by atoms with Crippen LogP contribution in [0.15, 0.2) is 42.5 Å². The fourth-order valence-corrected chi connectivity index (χ4v) is 2.66. The minimum absolute atomic E-state index is 0.0444. The van der Waals surface area contributed by atoms with E-state index in [4.69, 9.17) is 11.6 Å². The molecule has 10 heteroatoms. The molecule has 0 fully saturated rings. The number of rotatable bonds is 5. The van der Waals surface area contributed by atoms with E-state index in [1.807, 2.05) is 0 Å². The second kappa shape index (κ2) is 6.85. The molecule has 2 N–H and O–H groups in total. The van der Waals surface area contributed by atoms with Gasteiger partial charge in [-0.15, -0.1) is 0 Å². The molecule has 0 heterocycles.